The Morgan fingerprint density at radius 3 is 2.25 bits per heavy atom. The Balaban J connectivity index is 2.28. The van der Waals surface area contributed by atoms with Gasteiger partial charge in [-0.25, -0.2) is 0 Å². The van der Waals surface area contributed by atoms with E-state index in [9.17, 15) is 4.79 Å². The van der Waals surface area contributed by atoms with Crippen LogP contribution in [0.3, 0.4) is 0 Å². The van der Waals surface area contributed by atoms with Gasteiger partial charge in [0.25, 0.3) is 5.91 Å². The quantitative estimate of drug-likeness (QED) is 0.301. The van der Waals surface area contributed by atoms with Gasteiger partial charge in [0.2, 0.25) is 0 Å². The third-order valence-corrected chi connectivity index (χ3v) is 5.59. The summed E-state index contributed by atoms with van der Waals surface area (Å²) >= 11 is 0. The number of amides is 1. The first-order valence-electron chi connectivity index (χ1n) is 11.5. The Kier molecular flexibility index (Phi) is 10.4. The molecule has 0 spiro atoms. The van der Waals surface area contributed by atoms with Crippen LogP contribution >= 0.6 is 0 Å². The molecule has 3 nitrogen and oxygen atoms in total. The minimum atomic E-state index is -0.101. The van der Waals surface area contributed by atoms with Gasteiger partial charge in [0.1, 0.15) is 0 Å². The predicted molar refractivity (Wildman–Crippen MR) is 139 cm³/mol. The van der Waals surface area contributed by atoms with Crippen molar-refractivity contribution in [2.24, 2.45) is 10.9 Å². The van der Waals surface area contributed by atoms with Crippen LogP contribution in [0.4, 0.5) is 5.69 Å². The van der Waals surface area contributed by atoms with Crippen molar-refractivity contribution in [2.45, 2.75) is 53.9 Å². The van der Waals surface area contributed by atoms with Gasteiger partial charge in [0.05, 0.1) is 0 Å². The molecule has 2 aromatic rings. The Labute approximate surface area is 193 Å². The zero-order valence-electron chi connectivity index (χ0n) is 20.1. The molecule has 1 N–H and O–H groups in total. The second-order valence-electron chi connectivity index (χ2n) is 7.98. The van der Waals surface area contributed by atoms with Gasteiger partial charge in [0, 0.05) is 23.7 Å². The molecule has 0 heterocycles. The first-order valence-corrected chi connectivity index (χ1v) is 11.5. The maximum Gasteiger partial charge on any atom is 0.255 e. The largest absolute Gasteiger partial charge is 0.322 e. The lowest BCUT2D eigenvalue weighted by molar-refractivity contribution is 0.102. The van der Waals surface area contributed by atoms with E-state index in [-0.39, 0.29) is 5.91 Å². The molecule has 2 rings (SSSR count). The number of hydrogen-bond acceptors (Lipinski definition) is 2. The molecule has 1 unspecified atom stereocenters. The fourth-order valence-electron chi connectivity index (χ4n) is 3.74. The molecule has 0 radical (unpaired) electrons. The zero-order valence-corrected chi connectivity index (χ0v) is 20.1. The van der Waals surface area contributed by atoms with Gasteiger partial charge in [-0.15, -0.1) is 0 Å². The second-order valence-corrected chi connectivity index (χ2v) is 7.98. The Morgan fingerprint density at radius 1 is 1.00 bits per heavy atom. The van der Waals surface area contributed by atoms with E-state index in [4.69, 9.17) is 0 Å². The molecule has 0 fully saturated rings. The number of anilines is 1. The average molecular weight is 429 g/mol. The molecule has 32 heavy (non-hydrogen) atoms. The molecule has 1 atom stereocenters. The van der Waals surface area contributed by atoms with Crippen molar-refractivity contribution in [1.29, 1.82) is 0 Å². The van der Waals surface area contributed by atoms with Gasteiger partial charge in [0.15, 0.2) is 0 Å². The SMILES string of the molecule is C\C=N/C=C\C(C)=C(\C=C(/C)c1ccc(C(=O)Nc2ccccc2)cc1)C(CC)CCC. The second kappa shape index (κ2) is 13.3. The number of carbonyl (C=O) groups excluding carboxylic acids is 1. The van der Waals surface area contributed by atoms with Crippen molar-refractivity contribution < 1.29 is 4.79 Å². The number of nitrogens with zero attached hydrogens (tertiary/aromatic N) is 1. The fraction of sp³-hybridized carbons (Fsp3) is 0.310. The van der Waals surface area contributed by atoms with Crippen molar-refractivity contribution in [3.8, 4) is 0 Å². The van der Waals surface area contributed by atoms with E-state index in [1.54, 1.807) is 6.21 Å². The van der Waals surface area contributed by atoms with Crippen LogP contribution in [0.2, 0.25) is 0 Å². The summed E-state index contributed by atoms with van der Waals surface area (Å²) in [5.41, 5.74) is 6.36. The highest BCUT2D eigenvalue weighted by atomic mass is 16.1. The average Bonchev–Trinajstić information content (AvgIpc) is 2.82. The standard InChI is InChI=1S/C29H36N2O/c1-6-12-24(7-2)28(22(4)19-20-30-8-3)21-23(5)25-15-17-26(18-16-25)29(32)31-27-13-10-9-11-14-27/h8-11,13-21,24H,6-7,12H2,1-5H3,(H,31,32)/b20-19-,23-21+,28-22-,30-8-. The smallest absolute Gasteiger partial charge is 0.255 e. The zero-order chi connectivity index (χ0) is 23.3. The summed E-state index contributed by atoms with van der Waals surface area (Å²) < 4.78 is 0. The Morgan fingerprint density at radius 2 is 1.66 bits per heavy atom. The van der Waals surface area contributed by atoms with Crippen LogP contribution in [0.5, 0.6) is 0 Å². The number of nitrogens with one attached hydrogen (secondary N) is 1. The van der Waals surface area contributed by atoms with Gasteiger partial charge in [-0.05, 0) is 92.2 Å². The highest BCUT2D eigenvalue weighted by Gasteiger charge is 2.13. The molecule has 168 valence electrons. The molecular formula is C29H36N2O. The molecular weight excluding hydrogens is 392 g/mol. The highest BCUT2D eigenvalue weighted by Crippen LogP contribution is 2.29. The molecule has 3 heteroatoms. The lowest BCUT2D eigenvalue weighted by atomic mass is 9.86. The highest BCUT2D eigenvalue weighted by molar-refractivity contribution is 6.04. The van der Waals surface area contributed by atoms with Gasteiger partial charge in [-0.3, -0.25) is 9.79 Å². The van der Waals surface area contributed by atoms with E-state index >= 15 is 0 Å². The lowest BCUT2D eigenvalue weighted by Crippen LogP contribution is -2.11. The van der Waals surface area contributed by atoms with Crippen molar-refractivity contribution >= 4 is 23.4 Å². The number of aliphatic imine (C=N–C) groups is 1. The van der Waals surface area contributed by atoms with Gasteiger partial charge in [-0.1, -0.05) is 56.7 Å². The fourth-order valence-corrected chi connectivity index (χ4v) is 3.74. The third kappa shape index (κ3) is 7.49. The third-order valence-electron chi connectivity index (χ3n) is 5.59. The van der Waals surface area contributed by atoms with Crippen molar-refractivity contribution in [3.63, 3.8) is 0 Å². The summed E-state index contributed by atoms with van der Waals surface area (Å²) in [6.07, 6.45) is 11.5. The molecule has 0 bridgehead atoms. The van der Waals surface area contributed by atoms with E-state index in [0.29, 0.717) is 11.5 Å². The molecule has 0 saturated carbocycles. The first kappa shape index (κ1) is 25.1. The summed E-state index contributed by atoms with van der Waals surface area (Å²) in [6.45, 7) is 10.7. The Bertz CT molecular complexity index is 980. The maximum atomic E-state index is 12.5. The minimum Gasteiger partial charge on any atom is -0.322 e. The number of carbonyl (C=O) groups is 1. The number of para-hydroxylation sites is 1. The van der Waals surface area contributed by atoms with E-state index in [0.717, 1.165) is 30.5 Å². The van der Waals surface area contributed by atoms with E-state index in [1.165, 1.54) is 16.7 Å². The van der Waals surface area contributed by atoms with E-state index < -0.39 is 0 Å². The molecule has 0 aliphatic carbocycles. The minimum absolute atomic E-state index is 0.101. The normalized spacial score (nSPS) is 14.0. The predicted octanol–water partition coefficient (Wildman–Crippen LogP) is 8.09. The van der Waals surface area contributed by atoms with Crippen LogP contribution in [-0.4, -0.2) is 12.1 Å². The molecule has 2 aromatic carbocycles. The van der Waals surface area contributed by atoms with Crippen LogP contribution in [-0.2, 0) is 0 Å². The van der Waals surface area contributed by atoms with Crippen LogP contribution in [0.1, 0.15) is 69.8 Å². The molecule has 0 aromatic heterocycles. The first-order chi connectivity index (χ1) is 15.5. The number of rotatable bonds is 10. The monoisotopic (exact) mass is 428 g/mol. The van der Waals surface area contributed by atoms with Crippen LogP contribution in [0, 0.1) is 5.92 Å². The van der Waals surface area contributed by atoms with Gasteiger partial charge < -0.3 is 5.32 Å². The molecule has 0 aliphatic heterocycles. The summed E-state index contributed by atoms with van der Waals surface area (Å²) in [5, 5.41) is 2.93. The summed E-state index contributed by atoms with van der Waals surface area (Å²) in [4.78, 5) is 16.8. The maximum absolute atomic E-state index is 12.5. The van der Waals surface area contributed by atoms with E-state index in [2.05, 4.69) is 50.2 Å². The van der Waals surface area contributed by atoms with E-state index in [1.807, 2.05) is 67.7 Å². The molecule has 0 saturated heterocycles. The summed E-state index contributed by atoms with van der Waals surface area (Å²) in [7, 11) is 0. The van der Waals surface area contributed by atoms with Crippen LogP contribution < -0.4 is 5.32 Å². The molecule has 1 amide bonds. The van der Waals surface area contributed by atoms with Crippen molar-refractivity contribution in [3.05, 3.63) is 95.2 Å². The van der Waals surface area contributed by atoms with Crippen LogP contribution in [0.15, 0.2) is 89.1 Å². The summed E-state index contributed by atoms with van der Waals surface area (Å²) in [6, 6.07) is 17.3. The number of hydrogen-bond donors (Lipinski definition) is 1. The Hall–Kier alpha value is -3.20. The number of benzene rings is 2. The van der Waals surface area contributed by atoms with Gasteiger partial charge >= 0.3 is 0 Å². The molecule has 0 aliphatic rings. The summed E-state index contributed by atoms with van der Waals surface area (Å²) in [5.74, 6) is 0.414. The topological polar surface area (TPSA) is 41.5 Å². The number of allylic oxidation sites excluding steroid dienone is 5. The van der Waals surface area contributed by atoms with Gasteiger partial charge in [-0.2, -0.15) is 0 Å². The van der Waals surface area contributed by atoms with Crippen LogP contribution in [0.25, 0.3) is 5.57 Å². The lowest BCUT2D eigenvalue weighted by Gasteiger charge is -2.19. The van der Waals surface area contributed by atoms with Crippen molar-refractivity contribution in [1.82, 2.24) is 0 Å². The van der Waals surface area contributed by atoms with Crippen molar-refractivity contribution in [2.75, 3.05) is 5.32 Å².